The summed E-state index contributed by atoms with van der Waals surface area (Å²) in [5.74, 6) is 1.75. The van der Waals surface area contributed by atoms with Crippen LogP contribution in [0.5, 0.6) is 0 Å². The number of nitrogens with zero attached hydrogens (tertiary/aromatic N) is 4. The van der Waals surface area contributed by atoms with E-state index in [9.17, 15) is 0 Å². The van der Waals surface area contributed by atoms with E-state index in [1.165, 1.54) is 0 Å². The summed E-state index contributed by atoms with van der Waals surface area (Å²) in [5, 5.41) is 14.3. The largest absolute Gasteiger partial charge is 0.488 e. The fourth-order valence-corrected chi connectivity index (χ4v) is 1.24. The maximum absolute atomic E-state index is 5.15. The molecule has 0 aromatic rings. The number of allylic oxidation sites excluding steroid dienone is 4. The lowest BCUT2D eigenvalue weighted by Gasteiger charge is -2.04. The van der Waals surface area contributed by atoms with Crippen molar-refractivity contribution in [3.8, 4) is 0 Å². The molecule has 0 N–H and O–H groups in total. The standard InChI is InChI=1S/C9H9N4O2/c1-14-7-4-3-6(5-8(7)15-2)9-10-12-13-11-9/h3-5H,1-2H3/q+1. The number of hydrogen-bond donors (Lipinski definition) is 0. The van der Waals surface area contributed by atoms with E-state index < -0.39 is 0 Å². The van der Waals surface area contributed by atoms with E-state index in [4.69, 9.17) is 9.16 Å². The Hall–Kier alpha value is -2.11. The molecular weight excluding hydrogens is 196 g/mol. The monoisotopic (exact) mass is 205 g/mol. The van der Waals surface area contributed by atoms with Crippen molar-refractivity contribution in [3.63, 3.8) is 0 Å². The molecule has 0 saturated carbocycles. The molecule has 0 amide bonds. The number of ether oxygens (including phenoxy) is 1. The SMILES string of the molecule is COC1=CC(=C2N=NN=N2)C=CC1=[O+]C. The van der Waals surface area contributed by atoms with Gasteiger partial charge < -0.3 is 4.74 Å². The highest BCUT2D eigenvalue weighted by molar-refractivity contribution is 6.04. The Morgan fingerprint density at radius 1 is 1.20 bits per heavy atom. The van der Waals surface area contributed by atoms with Crippen LogP contribution in [0.3, 0.4) is 0 Å². The second kappa shape index (κ2) is 3.95. The van der Waals surface area contributed by atoms with Crippen LogP contribution < -0.4 is 0 Å². The normalized spacial score (nSPS) is 21.5. The first-order chi connectivity index (χ1) is 7.35. The lowest BCUT2D eigenvalue weighted by molar-refractivity contribution is -0.419. The maximum atomic E-state index is 5.15. The van der Waals surface area contributed by atoms with Gasteiger partial charge in [0.05, 0.1) is 7.11 Å². The van der Waals surface area contributed by atoms with Crippen molar-refractivity contribution >= 4 is 5.78 Å². The van der Waals surface area contributed by atoms with Gasteiger partial charge in [0.15, 0.2) is 0 Å². The smallest absolute Gasteiger partial charge is 0.384 e. The van der Waals surface area contributed by atoms with Crippen LogP contribution in [0.4, 0.5) is 0 Å². The lowest BCUT2D eigenvalue weighted by Crippen LogP contribution is -2.08. The molecule has 1 aliphatic carbocycles. The third-order valence-corrected chi connectivity index (χ3v) is 1.96. The van der Waals surface area contributed by atoms with Gasteiger partial charge in [0.25, 0.3) is 7.11 Å². The molecular formula is C9H9N4O2+. The van der Waals surface area contributed by atoms with Crippen LogP contribution in [0.25, 0.3) is 0 Å². The first-order valence-corrected chi connectivity index (χ1v) is 4.26. The summed E-state index contributed by atoms with van der Waals surface area (Å²) in [6, 6.07) is 0. The van der Waals surface area contributed by atoms with Gasteiger partial charge in [0.1, 0.15) is 0 Å². The highest BCUT2D eigenvalue weighted by Gasteiger charge is 2.21. The van der Waals surface area contributed by atoms with Crippen LogP contribution >= 0.6 is 0 Å². The Kier molecular flexibility index (Phi) is 2.49. The summed E-state index contributed by atoms with van der Waals surface area (Å²) in [6.45, 7) is 0. The zero-order valence-electron chi connectivity index (χ0n) is 8.34. The predicted molar refractivity (Wildman–Crippen MR) is 51.9 cm³/mol. The Morgan fingerprint density at radius 2 is 1.93 bits per heavy atom. The highest BCUT2D eigenvalue weighted by Crippen LogP contribution is 2.21. The minimum atomic E-state index is 0.468. The van der Waals surface area contributed by atoms with Gasteiger partial charge >= 0.3 is 5.78 Å². The second-order valence-corrected chi connectivity index (χ2v) is 2.77. The summed E-state index contributed by atoms with van der Waals surface area (Å²) in [7, 11) is 3.16. The first kappa shape index (κ1) is 9.45. The number of methoxy groups -OCH3 is 1. The molecule has 6 nitrogen and oxygen atoms in total. The Morgan fingerprint density at radius 3 is 2.53 bits per heavy atom. The summed E-state index contributed by atoms with van der Waals surface area (Å²) < 4.78 is 10.3. The van der Waals surface area contributed by atoms with E-state index in [0.717, 1.165) is 5.57 Å². The molecule has 0 saturated heterocycles. The summed E-state index contributed by atoms with van der Waals surface area (Å²) in [4.78, 5) is 0. The third kappa shape index (κ3) is 1.74. The summed E-state index contributed by atoms with van der Waals surface area (Å²) in [6.07, 6.45) is 5.38. The molecule has 0 aromatic heterocycles. The molecule has 0 atom stereocenters. The van der Waals surface area contributed by atoms with Crippen LogP contribution in [0.15, 0.2) is 56.1 Å². The highest BCUT2D eigenvalue weighted by atomic mass is 16.5. The molecule has 0 bridgehead atoms. The topological polar surface area (TPSA) is 70.0 Å². The predicted octanol–water partition coefficient (Wildman–Crippen LogP) is 1.87. The van der Waals surface area contributed by atoms with Crippen LogP contribution in [0, 0.1) is 0 Å². The molecule has 0 fully saturated rings. The van der Waals surface area contributed by atoms with Gasteiger partial charge in [0, 0.05) is 17.7 Å². The third-order valence-electron chi connectivity index (χ3n) is 1.96. The van der Waals surface area contributed by atoms with Gasteiger partial charge in [-0.1, -0.05) is 0 Å². The van der Waals surface area contributed by atoms with E-state index in [2.05, 4.69) is 20.7 Å². The quantitative estimate of drug-likeness (QED) is 0.602. The molecule has 0 radical (unpaired) electrons. The minimum absolute atomic E-state index is 0.468. The Labute approximate surface area is 86.0 Å². The maximum Gasteiger partial charge on any atom is 0.384 e. The fraction of sp³-hybridized carbons (Fsp3) is 0.222. The molecule has 2 aliphatic rings. The Balaban J connectivity index is 2.41. The van der Waals surface area contributed by atoms with E-state index in [0.29, 0.717) is 17.4 Å². The van der Waals surface area contributed by atoms with Gasteiger partial charge in [-0.15, -0.1) is 10.2 Å². The van der Waals surface area contributed by atoms with E-state index in [1.54, 1.807) is 26.4 Å². The summed E-state index contributed by atoms with van der Waals surface area (Å²) >= 11 is 0. The fourth-order valence-electron chi connectivity index (χ4n) is 1.24. The van der Waals surface area contributed by atoms with E-state index >= 15 is 0 Å². The molecule has 1 aliphatic heterocycles. The van der Waals surface area contributed by atoms with Crippen LogP contribution in [-0.2, 0) is 9.16 Å². The van der Waals surface area contributed by atoms with Crippen molar-refractivity contribution in [2.24, 2.45) is 20.7 Å². The number of rotatable bonds is 1. The molecule has 1 heterocycles. The van der Waals surface area contributed by atoms with Crippen molar-refractivity contribution in [2.75, 3.05) is 14.2 Å². The van der Waals surface area contributed by atoms with Gasteiger partial charge in [-0.2, -0.15) is 0 Å². The van der Waals surface area contributed by atoms with Crippen molar-refractivity contribution < 1.29 is 9.16 Å². The number of ketones is 1. The summed E-state index contributed by atoms with van der Waals surface area (Å²) in [5.41, 5.74) is 0.789. The molecule has 6 heteroatoms. The molecule has 2 rings (SSSR count). The zero-order valence-corrected chi connectivity index (χ0v) is 8.34. The zero-order chi connectivity index (χ0) is 10.7. The van der Waals surface area contributed by atoms with Gasteiger partial charge in [0.2, 0.25) is 11.6 Å². The van der Waals surface area contributed by atoms with Crippen molar-refractivity contribution in [3.05, 3.63) is 35.4 Å². The van der Waals surface area contributed by atoms with E-state index in [1.807, 2.05) is 6.08 Å². The molecule has 0 spiro atoms. The molecule has 76 valence electrons. The second-order valence-electron chi connectivity index (χ2n) is 2.77. The van der Waals surface area contributed by atoms with Crippen LogP contribution in [-0.4, -0.2) is 20.0 Å². The molecule has 0 unspecified atom stereocenters. The Bertz CT molecular complexity index is 441. The average Bonchev–Trinajstić information content (AvgIpc) is 2.81. The van der Waals surface area contributed by atoms with Gasteiger partial charge in [-0.3, -0.25) is 4.42 Å². The van der Waals surface area contributed by atoms with Crippen LogP contribution in [0.2, 0.25) is 0 Å². The van der Waals surface area contributed by atoms with Gasteiger partial charge in [-0.05, 0) is 16.5 Å². The van der Waals surface area contributed by atoms with Crippen molar-refractivity contribution in [1.29, 1.82) is 0 Å². The van der Waals surface area contributed by atoms with E-state index in [-0.39, 0.29) is 0 Å². The van der Waals surface area contributed by atoms with Crippen molar-refractivity contribution in [1.82, 2.24) is 0 Å². The minimum Gasteiger partial charge on any atom is -0.488 e. The van der Waals surface area contributed by atoms with Crippen LogP contribution in [0.1, 0.15) is 0 Å². The number of hydrogen-bond acceptors (Lipinski definition) is 5. The molecule has 15 heavy (non-hydrogen) atoms. The first-order valence-electron chi connectivity index (χ1n) is 4.26. The average molecular weight is 205 g/mol. The lowest BCUT2D eigenvalue weighted by atomic mass is 10.1. The van der Waals surface area contributed by atoms with Crippen molar-refractivity contribution in [2.45, 2.75) is 0 Å². The molecule has 0 aromatic carbocycles. The number of carbonyl (C=O) groups excluding carboxylic acids is 1. The van der Waals surface area contributed by atoms with Gasteiger partial charge in [-0.25, -0.2) is 0 Å².